The Bertz CT molecular complexity index is 172. The lowest BCUT2D eigenvalue weighted by Gasteiger charge is -1.86. The fourth-order valence-corrected chi connectivity index (χ4v) is 0.407. The summed E-state index contributed by atoms with van der Waals surface area (Å²) in [5, 5.41) is 9.12. The van der Waals surface area contributed by atoms with Crippen LogP contribution in [-0.4, -0.2) is 16.8 Å². The number of nitrogens with zero attached hydrogens (tertiary/aromatic N) is 2. The highest BCUT2D eigenvalue weighted by Gasteiger charge is 1.92. The van der Waals surface area contributed by atoms with Crippen LogP contribution in [0.2, 0.25) is 0 Å². The third-order valence-electron chi connectivity index (χ3n) is 0.772. The Labute approximate surface area is 51.0 Å². The van der Waals surface area contributed by atoms with Gasteiger partial charge in [-0.1, -0.05) is 0 Å². The Morgan fingerprint density at radius 1 is 1.89 bits per heavy atom. The Balaban J connectivity index is 2.38. The Kier molecular flexibility index (Phi) is 1.79. The lowest BCUT2D eigenvalue weighted by Crippen LogP contribution is -2.09. The molecule has 9 heavy (non-hydrogen) atoms. The third kappa shape index (κ3) is 1.52. The molecule has 5 heteroatoms. The molecule has 0 aromatic carbocycles. The van der Waals surface area contributed by atoms with Crippen molar-refractivity contribution in [2.75, 3.05) is 0 Å². The molecule has 1 heterocycles. The van der Waals surface area contributed by atoms with Gasteiger partial charge in [0, 0.05) is 5.27 Å². The van der Waals surface area contributed by atoms with Gasteiger partial charge in [-0.3, -0.25) is 4.79 Å². The molecular weight excluding hydrogens is 122 g/mol. The van der Waals surface area contributed by atoms with E-state index in [2.05, 4.69) is 20.2 Å². The molecule has 1 N–H and O–H groups in total. The third-order valence-corrected chi connectivity index (χ3v) is 0.772. The molecule has 1 aromatic heterocycles. The van der Waals surface area contributed by atoms with Crippen LogP contribution in [0.3, 0.4) is 0 Å². The van der Waals surface area contributed by atoms with Crippen LogP contribution in [0.15, 0.2) is 10.8 Å². The molecule has 0 radical (unpaired) electrons. The molecular formula is C4H5N3O2. The molecule has 0 bridgehead atoms. The maximum atomic E-state index is 9.71. The minimum Gasteiger partial charge on any atom is -0.353 e. The summed E-state index contributed by atoms with van der Waals surface area (Å²) in [4.78, 5) is 9.71. The van der Waals surface area contributed by atoms with Gasteiger partial charge in [0.15, 0.2) is 0 Å². The summed E-state index contributed by atoms with van der Waals surface area (Å²) in [6.45, 7) is 0.368. The molecule has 0 saturated heterocycles. The highest BCUT2D eigenvalue weighted by molar-refractivity contribution is 5.45. The summed E-state index contributed by atoms with van der Waals surface area (Å²) in [5.74, 6) is 0. The zero-order chi connectivity index (χ0) is 6.53. The molecule has 0 aliphatic heterocycles. The van der Waals surface area contributed by atoms with Crippen LogP contribution in [0.1, 0.15) is 5.69 Å². The van der Waals surface area contributed by atoms with Crippen molar-refractivity contribution in [2.24, 2.45) is 0 Å². The molecule has 0 fully saturated rings. The molecule has 0 saturated carbocycles. The fourth-order valence-electron chi connectivity index (χ4n) is 0.407. The van der Waals surface area contributed by atoms with Crippen molar-refractivity contribution in [2.45, 2.75) is 6.54 Å². The van der Waals surface area contributed by atoms with Crippen molar-refractivity contribution in [1.82, 2.24) is 15.7 Å². The van der Waals surface area contributed by atoms with E-state index >= 15 is 0 Å². The summed E-state index contributed by atoms with van der Waals surface area (Å²) < 4.78 is 4.39. The van der Waals surface area contributed by atoms with E-state index < -0.39 is 0 Å². The quantitative estimate of drug-likeness (QED) is 0.546. The molecule has 0 spiro atoms. The van der Waals surface area contributed by atoms with Gasteiger partial charge in [-0.2, -0.15) is 0 Å². The topological polar surface area (TPSA) is 68.0 Å². The van der Waals surface area contributed by atoms with Crippen molar-refractivity contribution < 1.29 is 9.32 Å². The SMILES string of the molecule is O=CNCc1conn1. The normalized spacial score (nSPS) is 8.89. The van der Waals surface area contributed by atoms with E-state index in [0.29, 0.717) is 18.6 Å². The van der Waals surface area contributed by atoms with E-state index in [1.54, 1.807) is 0 Å². The standard InChI is InChI=1S/C4H5N3O2/c8-3-5-1-4-2-9-7-6-4/h2-3H,1H2,(H,5,8). The second kappa shape index (κ2) is 2.81. The maximum absolute atomic E-state index is 9.71. The van der Waals surface area contributed by atoms with Crippen LogP contribution in [-0.2, 0) is 11.3 Å². The number of hydrogen-bond donors (Lipinski definition) is 1. The Hall–Kier alpha value is -1.39. The molecule has 1 amide bonds. The van der Waals surface area contributed by atoms with Gasteiger partial charge in [0.25, 0.3) is 0 Å². The van der Waals surface area contributed by atoms with Crippen molar-refractivity contribution in [3.8, 4) is 0 Å². The first kappa shape index (κ1) is 5.74. The van der Waals surface area contributed by atoms with Gasteiger partial charge in [-0.15, -0.1) is 5.10 Å². The summed E-state index contributed by atoms with van der Waals surface area (Å²) in [5.41, 5.74) is 0.613. The van der Waals surface area contributed by atoms with Crippen LogP contribution in [0.25, 0.3) is 0 Å². The Morgan fingerprint density at radius 3 is 3.33 bits per heavy atom. The summed E-state index contributed by atoms with van der Waals surface area (Å²) in [6.07, 6.45) is 1.96. The van der Waals surface area contributed by atoms with Crippen LogP contribution < -0.4 is 5.32 Å². The summed E-state index contributed by atoms with van der Waals surface area (Å²) in [7, 11) is 0. The van der Waals surface area contributed by atoms with Crippen molar-refractivity contribution >= 4 is 6.41 Å². The van der Waals surface area contributed by atoms with Crippen LogP contribution in [0, 0.1) is 0 Å². The van der Waals surface area contributed by atoms with E-state index in [9.17, 15) is 4.79 Å². The maximum Gasteiger partial charge on any atom is 0.207 e. The van der Waals surface area contributed by atoms with Gasteiger partial charge in [-0.25, -0.2) is 0 Å². The molecule has 1 aromatic rings. The largest absolute Gasteiger partial charge is 0.353 e. The number of rotatable bonds is 3. The van der Waals surface area contributed by atoms with Gasteiger partial charge in [0.2, 0.25) is 6.41 Å². The number of carbonyl (C=O) groups is 1. The van der Waals surface area contributed by atoms with E-state index in [1.165, 1.54) is 6.26 Å². The lowest BCUT2D eigenvalue weighted by atomic mass is 10.5. The van der Waals surface area contributed by atoms with Crippen LogP contribution in [0.5, 0.6) is 0 Å². The molecule has 48 valence electrons. The first-order valence-corrected chi connectivity index (χ1v) is 2.36. The minimum atomic E-state index is 0.368. The van der Waals surface area contributed by atoms with Crippen molar-refractivity contribution in [1.29, 1.82) is 0 Å². The van der Waals surface area contributed by atoms with Crippen molar-refractivity contribution in [3.63, 3.8) is 0 Å². The number of hydrogen-bond acceptors (Lipinski definition) is 4. The zero-order valence-electron chi connectivity index (χ0n) is 4.57. The van der Waals surface area contributed by atoms with E-state index in [4.69, 9.17) is 0 Å². The molecule has 0 aliphatic carbocycles. The average Bonchev–Trinajstić information content (AvgIpc) is 2.34. The first-order chi connectivity index (χ1) is 4.43. The zero-order valence-corrected chi connectivity index (χ0v) is 4.57. The Morgan fingerprint density at radius 2 is 2.78 bits per heavy atom. The van der Waals surface area contributed by atoms with E-state index in [1.807, 2.05) is 0 Å². The number of nitrogens with one attached hydrogen (secondary N) is 1. The van der Waals surface area contributed by atoms with E-state index in [0.717, 1.165) is 0 Å². The van der Waals surface area contributed by atoms with Gasteiger partial charge in [0.05, 0.1) is 6.54 Å². The first-order valence-electron chi connectivity index (χ1n) is 2.36. The van der Waals surface area contributed by atoms with Crippen LogP contribution >= 0.6 is 0 Å². The smallest absolute Gasteiger partial charge is 0.207 e. The molecule has 0 unspecified atom stereocenters. The van der Waals surface area contributed by atoms with Gasteiger partial charge in [-0.05, 0) is 0 Å². The van der Waals surface area contributed by atoms with Gasteiger partial charge in [0.1, 0.15) is 12.0 Å². The fraction of sp³-hybridized carbons (Fsp3) is 0.250. The summed E-state index contributed by atoms with van der Waals surface area (Å²) >= 11 is 0. The van der Waals surface area contributed by atoms with Gasteiger partial charge < -0.3 is 9.84 Å². The predicted octanol–water partition coefficient (Wildman–Crippen LogP) is -0.684. The molecule has 0 atom stereocenters. The van der Waals surface area contributed by atoms with Gasteiger partial charge >= 0.3 is 0 Å². The highest BCUT2D eigenvalue weighted by atomic mass is 16.5. The molecule has 5 nitrogen and oxygen atoms in total. The minimum absolute atomic E-state index is 0.368. The predicted molar refractivity (Wildman–Crippen MR) is 27.2 cm³/mol. The highest BCUT2D eigenvalue weighted by Crippen LogP contribution is 1.87. The monoisotopic (exact) mass is 127 g/mol. The van der Waals surface area contributed by atoms with Crippen LogP contribution in [0.4, 0.5) is 0 Å². The second-order valence-electron chi connectivity index (χ2n) is 1.39. The lowest BCUT2D eigenvalue weighted by molar-refractivity contribution is -0.109. The van der Waals surface area contributed by atoms with E-state index in [-0.39, 0.29) is 0 Å². The number of aromatic nitrogens is 2. The molecule has 1 rings (SSSR count). The number of carbonyl (C=O) groups excluding carboxylic acids is 1. The molecule has 0 aliphatic rings. The summed E-state index contributed by atoms with van der Waals surface area (Å²) in [6, 6.07) is 0. The second-order valence-corrected chi connectivity index (χ2v) is 1.39. The van der Waals surface area contributed by atoms with Crippen molar-refractivity contribution in [3.05, 3.63) is 12.0 Å². The number of amides is 1. The average molecular weight is 127 g/mol.